The second-order valence-electron chi connectivity index (χ2n) is 15.1. The number of aliphatic hydroxyl groups excluding tert-OH is 2. The molecule has 0 aliphatic rings. The maximum atomic E-state index is 13.1. The van der Waals surface area contributed by atoms with Gasteiger partial charge in [-0.25, -0.2) is 18.4 Å². The van der Waals surface area contributed by atoms with E-state index in [0.29, 0.717) is 37.7 Å². The molecule has 55 heavy (non-hydrogen) atoms. The number of imidazole rings is 2. The lowest BCUT2D eigenvalue weighted by molar-refractivity contribution is 0.127. The van der Waals surface area contributed by atoms with Crippen LogP contribution in [0.4, 0.5) is 0 Å². The van der Waals surface area contributed by atoms with Crippen molar-refractivity contribution >= 4 is 21.6 Å². The van der Waals surface area contributed by atoms with Crippen LogP contribution in [0.3, 0.4) is 0 Å². The smallest absolute Gasteiger partial charge is 0.185 e. The van der Waals surface area contributed by atoms with Crippen molar-refractivity contribution in [2.75, 3.05) is 26.0 Å². The van der Waals surface area contributed by atoms with Crippen molar-refractivity contribution in [3.8, 4) is 5.75 Å². The van der Waals surface area contributed by atoms with Crippen molar-refractivity contribution in [1.29, 1.82) is 0 Å². The molecule has 0 spiro atoms. The molecule has 3 atom stereocenters. The first-order chi connectivity index (χ1) is 26.0. The number of ether oxygens (including phenoxy) is 1. The van der Waals surface area contributed by atoms with Gasteiger partial charge in [-0.3, -0.25) is 0 Å². The van der Waals surface area contributed by atoms with Gasteiger partial charge in [0.2, 0.25) is 0 Å². The van der Waals surface area contributed by atoms with E-state index in [1.165, 1.54) is 4.90 Å². The van der Waals surface area contributed by atoms with Crippen LogP contribution in [0.1, 0.15) is 62.1 Å². The monoisotopic (exact) mass is 790 g/mol. The highest BCUT2D eigenvalue weighted by atomic mass is 32.2. The summed E-state index contributed by atoms with van der Waals surface area (Å²) in [4.78, 5) is 9.53. The molecule has 0 aliphatic carbocycles. The van der Waals surface area contributed by atoms with E-state index < -0.39 is 27.3 Å². The first-order valence-electron chi connectivity index (χ1n) is 18.4. The summed E-state index contributed by atoms with van der Waals surface area (Å²) in [6, 6.07) is 21.0. The van der Waals surface area contributed by atoms with Gasteiger partial charge in [0.1, 0.15) is 12.4 Å². The number of benzene rings is 3. The number of thioether (sulfide) groups is 1. The number of sulfone groups is 1. The van der Waals surface area contributed by atoms with Crippen LogP contribution in [0.5, 0.6) is 5.75 Å². The number of nitrogens with zero attached hydrogens (tertiary/aromatic N) is 4. The Labute approximate surface area is 331 Å². The van der Waals surface area contributed by atoms with E-state index in [2.05, 4.69) is 52.8 Å². The molecule has 3 aromatic carbocycles. The minimum Gasteiger partial charge on any atom is -0.492 e. The zero-order valence-corrected chi connectivity index (χ0v) is 34.9. The maximum Gasteiger partial charge on any atom is 0.185 e. The Hall–Kier alpha value is -3.98. The highest BCUT2D eigenvalue weighted by molar-refractivity contribution is 7.98. The third-order valence-corrected chi connectivity index (χ3v) is 12.4. The largest absolute Gasteiger partial charge is 0.492 e. The van der Waals surface area contributed by atoms with Crippen molar-refractivity contribution in [2.24, 2.45) is 0 Å². The lowest BCUT2D eigenvalue weighted by Crippen LogP contribution is -2.48. The number of aliphatic hydroxyl groups is 2. The first kappa shape index (κ1) is 43.7. The summed E-state index contributed by atoms with van der Waals surface area (Å²) in [5, 5.41) is 26.5. The highest BCUT2D eigenvalue weighted by Crippen LogP contribution is 2.31. The Morgan fingerprint density at radius 2 is 1.36 bits per heavy atom. The van der Waals surface area contributed by atoms with Crippen LogP contribution in [-0.4, -0.2) is 81.4 Å². The molecular formula is C42H58N6O5S2. The molecule has 0 fully saturated rings. The Bertz CT molecular complexity index is 1980. The topological polar surface area (TPSA) is 144 Å². The lowest BCUT2D eigenvalue weighted by atomic mass is 9.93. The van der Waals surface area contributed by atoms with Crippen LogP contribution in [0, 0.1) is 13.8 Å². The molecule has 0 saturated heterocycles. The van der Waals surface area contributed by atoms with E-state index in [1.807, 2.05) is 91.7 Å². The number of aryl methyl sites for hydroxylation is 2. The predicted molar refractivity (Wildman–Crippen MR) is 221 cm³/mol. The Morgan fingerprint density at radius 3 is 1.87 bits per heavy atom. The summed E-state index contributed by atoms with van der Waals surface area (Å²) in [5.41, 5.74) is 3.20. The maximum absolute atomic E-state index is 13.1. The second kappa shape index (κ2) is 19.7. The minimum absolute atomic E-state index is 0.228. The standard InChI is InChI=1S/C25H33N3O3S.C17H25N3O2S/c1-18-6-11-24(14-19(18)2)32(30,31)20(3)21-7-9-22(10-8-21)25(4,5)27-15-23(29)16-28-13-12-26-17-28;1-17(2,12-22-15-4-6-16(23-3)7-5-15)19-10-14(21)11-20-9-8-18-13-20/h6-14,17,20,23,27,29H,15-16H2,1-5H3;4-9,13-14,19,21H,10-12H2,1-3H3. The fourth-order valence-electron chi connectivity index (χ4n) is 5.71. The molecule has 2 heterocycles. The van der Waals surface area contributed by atoms with Gasteiger partial charge < -0.3 is 34.7 Å². The van der Waals surface area contributed by atoms with Crippen LogP contribution in [0.2, 0.25) is 0 Å². The third-order valence-electron chi connectivity index (χ3n) is 9.59. The Balaban J connectivity index is 0.000000258. The van der Waals surface area contributed by atoms with Gasteiger partial charge in [-0.2, -0.15) is 0 Å². The number of hydrogen-bond donors (Lipinski definition) is 4. The fourth-order valence-corrected chi connectivity index (χ4v) is 7.64. The van der Waals surface area contributed by atoms with Gasteiger partial charge in [-0.15, -0.1) is 11.8 Å². The van der Waals surface area contributed by atoms with Crippen molar-refractivity contribution in [3.05, 3.63) is 126 Å². The summed E-state index contributed by atoms with van der Waals surface area (Å²) in [6.45, 7) is 16.3. The molecule has 2 aromatic heterocycles. The van der Waals surface area contributed by atoms with Crippen molar-refractivity contribution in [2.45, 2.75) is 99.9 Å². The Kier molecular flexibility index (Phi) is 15.7. The molecule has 0 radical (unpaired) electrons. The van der Waals surface area contributed by atoms with Gasteiger partial charge in [-0.1, -0.05) is 30.3 Å². The van der Waals surface area contributed by atoms with E-state index in [4.69, 9.17) is 4.74 Å². The molecule has 0 aliphatic heterocycles. The van der Waals surface area contributed by atoms with E-state index in [1.54, 1.807) is 55.9 Å². The lowest BCUT2D eigenvalue weighted by Gasteiger charge is -2.29. The zero-order chi connectivity index (χ0) is 40.2. The van der Waals surface area contributed by atoms with Crippen molar-refractivity contribution in [1.82, 2.24) is 29.7 Å². The van der Waals surface area contributed by atoms with Crippen LogP contribution < -0.4 is 15.4 Å². The van der Waals surface area contributed by atoms with Crippen LogP contribution in [0.15, 0.2) is 114 Å². The van der Waals surface area contributed by atoms with Gasteiger partial charge in [0.15, 0.2) is 9.84 Å². The van der Waals surface area contributed by atoms with Crippen molar-refractivity contribution < 1.29 is 23.4 Å². The average Bonchev–Trinajstić information content (AvgIpc) is 3.89. The van der Waals surface area contributed by atoms with Crippen LogP contribution in [0.25, 0.3) is 0 Å². The van der Waals surface area contributed by atoms with Gasteiger partial charge in [0.05, 0.1) is 48.1 Å². The van der Waals surface area contributed by atoms with E-state index in [-0.39, 0.29) is 11.1 Å². The average molecular weight is 791 g/mol. The quantitative estimate of drug-likeness (QED) is 0.0744. The number of aromatic nitrogens is 4. The molecule has 4 N–H and O–H groups in total. The van der Waals surface area contributed by atoms with Gasteiger partial charge in [0, 0.05) is 53.9 Å². The second-order valence-corrected chi connectivity index (χ2v) is 18.3. The van der Waals surface area contributed by atoms with Gasteiger partial charge >= 0.3 is 0 Å². The summed E-state index contributed by atoms with van der Waals surface area (Å²) in [5.74, 6) is 0.858. The molecule has 3 unspecified atom stereocenters. The third kappa shape index (κ3) is 13.3. The van der Waals surface area contributed by atoms with Crippen molar-refractivity contribution in [3.63, 3.8) is 0 Å². The minimum atomic E-state index is -3.48. The molecule has 5 rings (SSSR count). The van der Waals surface area contributed by atoms with E-state index in [9.17, 15) is 18.6 Å². The predicted octanol–water partition coefficient (Wildman–Crippen LogP) is 6.33. The number of nitrogens with one attached hydrogen (secondary N) is 2. The molecule has 0 bridgehead atoms. The summed E-state index contributed by atoms with van der Waals surface area (Å²) in [6.07, 6.45) is 11.5. The molecule has 11 nitrogen and oxygen atoms in total. The molecule has 298 valence electrons. The molecule has 13 heteroatoms. The van der Waals surface area contributed by atoms with Gasteiger partial charge in [0.25, 0.3) is 0 Å². The summed E-state index contributed by atoms with van der Waals surface area (Å²) >= 11 is 1.71. The van der Waals surface area contributed by atoms with E-state index in [0.717, 1.165) is 28.0 Å². The van der Waals surface area contributed by atoms with Crippen LogP contribution >= 0.6 is 11.8 Å². The molecular weight excluding hydrogens is 733 g/mol. The normalized spacial score (nSPS) is 13.8. The summed E-state index contributed by atoms with van der Waals surface area (Å²) < 4.78 is 35.8. The number of rotatable bonds is 18. The molecule has 0 saturated carbocycles. The first-order valence-corrected chi connectivity index (χ1v) is 21.2. The molecule has 0 amide bonds. The number of hydrogen-bond acceptors (Lipinski definition) is 10. The van der Waals surface area contributed by atoms with E-state index >= 15 is 0 Å². The number of β-amino-alcohol motifs (C(OH)–C–C–N with tert-alkyl or cyclic N) is 1. The highest BCUT2D eigenvalue weighted by Gasteiger charge is 2.27. The SMILES string of the molecule is CSc1ccc(OCC(C)(C)NCC(O)Cn2ccnc2)cc1.Cc1ccc(S(=O)(=O)C(C)c2ccc(C(C)(C)NCC(O)Cn3ccnc3)cc2)cc1C. The fraction of sp³-hybridized carbons (Fsp3) is 0.429. The van der Waals surface area contributed by atoms with Crippen LogP contribution in [-0.2, 0) is 28.5 Å². The molecule has 5 aromatic rings. The Morgan fingerprint density at radius 1 is 0.800 bits per heavy atom. The zero-order valence-electron chi connectivity index (χ0n) is 33.3. The van der Waals surface area contributed by atoms with Gasteiger partial charge in [-0.05, 0) is 113 Å². The summed E-state index contributed by atoms with van der Waals surface area (Å²) in [7, 11) is -3.48.